The Morgan fingerprint density at radius 3 is 2.94 bits per heavy atom. The van der Waals surface area contributed by atoms with E-state index < -0.39 is 5.97 Å². The lowest BCUT2D eigenvalue weighted by atomic mass is 9.91. The number of rotatable bonds is 6. The highest BCUT2D eigenvalue weighted by Gasteiger charge is 2.33. The van der Waals surface area contributed by atoms with E-state index in [0.29, 0.717) is 5.92 Å². The molecule has 1 N–H and O–H groups in total. The fourth-order valence-corrected chi connectivity index (χ4v) is 3.06. The monoisotopic (exact) mass is 245 g/mol. The van der Waals surface area contributed by atoms with Crippen LogP contribution in [0.1, 0.15) is 33.1 Å². The molecule has 1 aliphatic rings. The molecular weight excluding hydrogens is 222 g/mol. The van der Waals surface area contributed by atoms with Crippen LogP contribution in [0.5, 0.6) is 0 Å². The van der Waals surface area contributed by atoms with Gasteiger partial charge in [-0.3, -0.25) is 9.69 Å². The number of carboxylic acid groups (broad SMARTS) is 1. The Morgan fingerprint density at radius 2 is 2.31 bits per heavy atom. The second-order valence-electron chi connectivity index (χ2n) is 4.49. The first-order valence-corrected chi connectivity index (χ1v) is 7.37. The average molecular weight is 245 g/mol. The summed E-state index contributed by atoms with van der Waals surface area (Å²) < 4.78 is 0. The minimum atomic E-state index is -0.643. The van der Waals surface area contributed by atoms with Crippen molar-refractivity contribution < 1.29 is 9.90 Å². The van der Waals surface area contributed by atoms with E-state index in [1.165, 1.54) is 0 Å². The van der Waals surface area contributed by atoms with Gasteiger partial charge >= 0.3 is 5.97 Å². The SMILES string of the molecule is CCSCCCN1CCCC(C)C1C(=O)O. The fourth-order valence-electron chi connectivity index (χ4n) is 2.44. The molecule has 1 rings (SSSR count). The molecule has 0 bridgehead atoms. The van der Waals surface area contributed by atoms with Gasteiger partial charge in [0.1, 0.15) is 6.04 Å². The lowest BCUT2D eigenvalue weighted by molar-refractivity contribution is -0.146. The van der Waals surface area contributed by atoms with Gasteiger partial charge in [-0.1, -0.05) is 13.8 Å². The van der Waals surface area contributed by atoms with E-state index in [1.807, 2.05) is 11.8 Å². The summed E-state index contributed by atoms with van der Waals surface area (Å²) in [6, 6.07) is -0.250. The first-order chi connectivity index (χ1) is 7.66. The minimum absolute atomic E-state index is 0.250. The molecule has 2 unspecified atom stereocenters. The van der Waals surface area contributed by atoms with Gasteiger partial charge in [0.05, 0.1) is 0 Å². The largest absolute Gasteiger partial charge is 0.480 e. The van der Waals surface area contributed by atoms with Crippen LogP contribution in [0.4, 0.5) is 0 Å². The third kappa shape index (κ3) is 3.98. The van der Waals surface area contributed by atoms with Crippen molar-refractivity contribution in [2.24, 2.45) is 5.92 Å². The van der Waals surface area contributed by atoms with Crippen LogP contribution in [-0.4, -0.2) is 46.6 Å². The number of nitrogens with zero attached hydrogens (tertiary/aromatic N) is 1. The maximum absolute atomic E-state index is 11.2. The smallest absolute Gasteiger partial charge is 0.321 e. The number of thioether (sulfide) groups is 1. The van der Waals surface area contributed by atoms with E-state index in [2.05, 4.69) is 18.7 Å². The summed E-state index contributed by atoms with van der Waals surface area (Å²) in [5.74, 6) is 1.95. The van der Waals surface area contributed by atoms with Gasteiger partial charge < -0.3 is 5.11 Å². The van der Waals surface area contributed by atoms with E-state index >= 15 is 0 Å². The number of hydrogen-bond donors (Lipinski definition) is 1. The van der Waals surface area contributed by atoms with Crippen molar-refractivity contribution in [3.8, 4) is 0 Å². The van der Waals surface area contributed by atoms with E-state index in [9.17, 15) is 9.90 Å². The highest BCUT2D eigenvalue weighted by molar-refractivity contribution is 7.99. The van der Waals surface area contributed by atoms with Gasteiger partial charge in [-0.2, -0.15) is 11.8 Å². The molecule has 1 aliphatic heterocycles. The van der Waals surface area contributed by atoms with Crippen LogP contribution in [-0.2, 0) is 4.79 Å². The van der Waals surface area contributed by atoms with Crippen LogP contribution in [0.15, 0.2) is 0 Å². The maximum atomic E-state index is 11.2. The molecule has 0 aliphatic carbocycles. The number of carboxylic acids is 1. The van der Waals surface area contributed by atoms with Gasteiger partial charge in [0.2, 0.25) is 0 Å². The number of likely N-dealkylation sites (tertiary alicyclic amines) is 1. The number of hydrogen-bond acceptors (Lipinski definition) is 3. The standard InChI is InChI=1S/C12H23NO2S/c1-3-16-9-5-8-13-7-4-6-10(2)11(13)12(14)15/h10-11H,3-9H2,1-2H3,(H,14,15). The summed E-state index contributed by atoms with van der Waals surface area (Å²) in [5.41, 5.74) is 0. The Hall–Kier alpha value is -0.220. The van der Waals surface area contributed by atoms with Gasteiger partial charge in [-0.25, -0.2) is 0 Å². The van der Waals surface area contributed by atoms with Crippen LogP contribution in [0.2, 0.25) is 0 Å². The van der Waals surface area contributed by atoms with Crippen LogP contribution in [0.3, 0.4) is 0 Å². The maximum Gasteiger partial charge on any atom is 0.321 e. The number of piperidine rings is 1. The molecule has 1 saturated heterocycles. The summed E-state index contributed by atoms with van der Waals surface area (Å²) in [7, 11) is 0. The molecule has 0 aromatic heterocycles. The normalized spacial score (nSPS) is 26.9. The Kier molecular flexibility index (Phi) is 6.21. The summed E-state index contributed by atoms with van der Waals surface area (Å²) in [4.78, 5) is 13.4. The fraction of sp³-hybridized carbons (Fsp3) is 0.917. The second kappa shape index (κ2) is 7.17. The Labute approximate surface area is 103 Å². The lowest BCUT2D eigenvalue weighted by Crippen LogP contribution is -2.49. The highest BCUT2D eigenvalue weighted by Crippen LogP contribution is 2.23. The molecular formula is C12H23NO2S. The summed E-state index contributed by atoms with van der Waals surface area (Å²) in [6.45, 7) is 6.12. The van der Waals surface area contributed by atoms with E-state index in [4.69, 9.17) is 0 Å². The predicted octanol–water partition coefficient (Wildman–Crippen LogP) is 2.31. The van der Waals surface area contributed by atoms with Crippen molar-refractivity contribution in [3.05, 3.63) is 0 Å². The van der Waals surface area contributed by atoms with Crippen LogP contribution in [0.25, 0.3) is 0 Å². The molecule has 1 fully saturated rings. The predicted molar refractivity (Wildman–Crippen MR) is 69.0 cm³/mol. The van der Waals surface area contributed by atoms with Crippen LogP contribution in [0, 0.1) is 5.92 Å². The molecule has 0 spiro atoms. The van der Waals surface area contributed by atoms with Crippen LogP contribution < -0.4 is 0 Å². The average Bonchev–Trinajstić information content (AvgIpc) is 2.24. The molecule has 0 radical (unpaired) electrons. The molecule has 4 heteroatoms. The Bertz CT molecular complexity index is 223. The number of carbonyl (C=O) groups is 1. The molecule has 0 aromatic rings. The second-order valence-corrected chi connectivity index (χ2v) is 5.88. The van der Waals surface area contributed by atoms with E-state index in [-0.39, 0.29) is 6.04 Å². The van der Waals surface area contributed by atoms with Crippen molar-refractivity contribution in [2.45, 2.75) is 39.2 Å². The highest BCUT2D eigenvalue weighted by atomic mass is 32.2. The molecule has 0 amide bonds. The van der Waals surface area contributed by atoms with Gasteiger partial charge in [-0.15, -0.1) is 0 Å². The van der Waals surface area contributed by atoms with Crippen molar-refractivity contribution in [3.63, 3.8) is 0 Å². The van der Waals surface area contributed by atoms with Crippen molar-refractivity contribution in [2.75, 3.05) is 24.6 Å². The van der Waals surface area contributed by atoms with Gasteiger partial charge in [-0.05, 0) is 49.8 Å². The Balaban J connectivity index is 2.39. The topological polar surface area (TPSA) is 40.5 Å². The number of aliphatic carboxylic acids is 1. The van der Waals surface area contributed by atoms with E-state index in [1.54, 1.807) is 0 Å². The van der Waals surface area contributed by atoms with E-state index in [0.717, 1.165) is 43.9 Å². The summed E-state index contributed by atoms with van der Waals surface area (Å²) >= 11 is 1.93. The quantitative estimate of drug-likeness (QED) is 0.729. The summed E-state index contributed by atoms with van der Waals surface area (Å²) in [5, 5.41) is 9.23. The van der Waals surface area contributed by atoms with Gasteiger partial charge in [0.15, 0.2) is 0 Å². The molecule has 94 valence electrons. The summed E-state index contributed by atoms with van der Waals surface area (Å²) in [6.07, 6.45) is 3.30. The zero-order chi connectivity index (χ0) is 12.0. The van der Waals surface area contributed by atoms with Crippen molar-refractivity contribution in [1.82, 2.24) is 4.90 Å². The Morgan fingerprint density at radius 1 is 1.56 bits per heavy atom. The minimum Gasteiger partial charge on any atom is -0.480 e. The van der Waals surface area contributed by atoms with Crippen LogP contribution >= 0.6 is 11.8 Å². The third-order valence-electron chi connectivity index (χ3n) is 3.23. The molecule has 0 aromatic carbocycles. The third-order valence-corrected chi connectivity index (χ3v) is 4.21. The molecule has 0 saturated carbocycles. The first-order valence-electron chi connectivity index (χ1n) is 6.21. The zero-order valence-corrected chi connectivity index (χ0v) is 11.1. The van der Waals surface area contributed by atoms with Gasteiger partial charge in [0, 0.05) is 0 Å². The van der Waals surface area contributed by atoms with Crippen molar-refractivity contribution in [1.29, 1.82) is 0 Å². The van der Waals surface area contributed by atoms with Crippen molar-refractivity contribution >= 4 is 17.7 Å². The first kappa shape index (κ1) is 13.8. The molecule has 2 atom stereocenters. The zero-order valence-electron chi connectivity index (χ0n) is 10.3. The molecule has 1 heterocycles. The molecule has 16 heavy (non-hydrogen) atoms. The van der Waals surface area contributed by atoms with Gasteiger partial charge in [0.25, 0.3) is 0 Å². The lowest BCUT2D eigenvalue weighted by Gasteiger charge is -2.37. The molecule has 3 nitrogen and oxygen atoms in total.